The van der Waals surface area contributed by atoms with Gasteiger partial charge in [0, 0.05) is 25.6 Å². The summed E-state index contributed by atoms with van der Waals surface area (Å²) in [6, 6.07) is 6.85. The molecule has 0 spiro atoms. The lowest BCUT2D eigenvalue weighted by Crippen LogP contribution is -2.42. The Balaban J connectivity index is 1.50. The molecule has 1 aromatic carbocycles. The number of hydrogen-bond acceptors (Lipinski definition) is 3. The van der Waals surface area contributed by atoms with Crippen molar-refractivity contribution >= 4 is 0 Å². The van der Waals surface area contributed by atoms with Crippen molar-refractivity contribution in [1.29, 1.82) is 0 Å². The van der Waals surface area contributed by atoms with Crippen molar-refractivity contribution in [3.8, 4) is 5.75 Å². The van der Waals surface area contributed by atoms with Gasteiger partial charge in [0.25, 0.3) is 0 Å². The fraction of sp³-hybridized carbons (Fsp3) is 0.625. The van der Waals surface area contributed by atoms with E-state index in [0.29, 0.717) is 12.1 Å². The summed E-state index contributed by atoms with van der Waals surface area (Å²) in [5.74, 6) is 1.06. The molecule has 19 heavy (non-hydrogen) atoms. The highest BCUT2D eigenvalue weighted by Crippen LogP contribution is 2.29. The number of nitrogens with one attached hydrogen (secondary N) is 1. The first-order valence-corrected chi connectivity index (χ1v) is 7.33. The highest BCUT2D eigenvalue weighted by atomic mass is 16.5. The molecule has 0 amide bonds. The van der Waals surface area contributed by atoms with Gasteiger partial charge in [-0.05, 0) is 38.3 Å². The third kappa shape index (κ3) is 2.93. The predicted octanol–water partition coefficient (Wildman–Crippen LogP) is 2.46. The van der Waals surface area contributed by atoms with Crippen molar-refractivity contribution in [1.82, 2.24) is 5.32 Å². The van der Waals surface area contributed by atoms with Crippen LogP contribution in [0.3, 0.4) is 0 Å². The third-order valence-corrected chi connectivity index (χ3v) is 4.15. The molecule has 0 saturated carbocycles. The molecule has 1 fully saturated rings. The summed E-state index contributed by atoms with van der Waals surface area (Å²) in [6.07, 6.45) is 4.04. The number of fused-ring (bicyclic) bond motifs is 1. The predicted molar refractivity (Wildman–Crippen MR) is 75.7 cm³/mol. The molecule has 2 aliphatic heterocycles. The number of rotatable bonds is 4. The van der Waals surface area contributed by atoms with Crippen LogP contribution in [0.5, 0.6) is 5.75 Å². The van der Waals surface area contributed by atoms with Crippen LogP contribution in [0.25, 0.3) is 0 Å². The summed E-state index contributed by atoms with van der Waals surface area (Å²) in [4.78, 5) is 0. The van der Waals surface area contributed by atoms with Gasteiger partial charge in [-0.25, -0.2) is 0 Å². The van der Waals surface area contributed by atoms with E-state index < -0.39 is 0 Å². The molecule has 2 heterocycles. The molecule has 104 valence electrons. The van der Waals surface area contributed by atoms with E-state index in [9.17, 15) is 0 Å². The van der Waals surface area contributed by atoms with Gasteiger partial charge in [0.15, 0.2) is 0 Å². The van der Waals surface area contributed by atoms with Crippen molar-refractivity contribution in [2.24, 2.45) is 0 Å². The molecule has 1 saturated heterocycles. The minimum absolute atomic E-state index is 0.264. The molecular weight excluding hydrogens is 238 g/mol. The first-order valence-electron chi connectivity index (χ1n) is 7.33. The maximum absolute atomic E-state index is 5.97. The Labute approximate surface area is 115 Å². The van der Waals surface area contributed by atoms with Crippen molar-refractivity contribution in [2.45, 2.75) is 51.4 Å². The SMILES string of the molecule is Cc1ccc2c(c1)CC(CNC(C)C1CCCO1)O2. The lowest BCUT2D eigenvalue weighted by molar-refractivity contribution is 0.0796. The van der Waals surface area contributed by atoms with Gasteiger partial charge in [0.2, 0.25) is 0 Å². The van der Waals surface area contributed by atoms with E-state index >= 15 is 0 Å². The number of hydrogen-bond donors (Lipinski definition) is 1. The van der Waals surface area contributed by atoms with Crippen LogP contribution in [-0.2, 0) is 11.2 Å². The highest BCUT2D eigenvalue weighted by molar-refractivity contribution is 5.40. The van der Waals surface area contributed by atoms with E-state index in [4.69, 9.17) is 9.47 Å². The molecule has 3 nitrogen and oxygen atoms in total. The Hall–Kier alpha value is -1.06. The van der Waals surface area contributed by atoms with Gasteiger partial charge in [-0.15, -0.1) is 0 Å². The lowest BCUT2D eigenvalue weighted by Gasteiger charge is -2.22. The molecule has 3 unspecified atom stereocenters. The molecular formula is C16H23NO2. The van der Waals surface area contributed by atoms with E-state index in [-0.39, 0.29) is 6.10 Å². The van der Waals surface area contributed by atoms with E-state index in [2.05, 4.69) is 37.4 Å². The molecule has 0 bridgehead atoms. The number of aryl methyl sites for hydroxylation is 1. The summed E-state index contributed by atoms with van der Waals surface area (Å²) < 4.78 is 11.7. The average molecular weight is 261 g/mol. The maximum Gasteiger partial charge on any atom is 0.123 e. The number of ether oxygens (including phenoxy) is 2. The van der Waals surface area contributed by atoms with Crippen LogP contribution in [0.2, 0.25) is 0 Å². The second-order valence-electron chi connectivity index (χ2n) is 5.80. The van der Waals surface area contributed by atoms with Crippen LogP contribution in [0.4, 0.5) is 0 Å². The fourth-order valence-corrected chi connectivity index (χ4v) is 3.01. The van der Waals surface area contributed by atoms with Gasteiger partial charge in [0.1, 0.15) is 11.9 Å². The van der Waals surface area contributed by atoms with Crippen LogP contribution < -0.4 is 10.1 Å². The Morgan fingerprint density at radius 1 is 1.42 bits per heavy atom. The maximum atomic E-state index is 5.97. The summed E-state index contributed by atoms with van der Waals surface area (Å²) in [7, 11) is 0. The molecule has 2 aliphatic rings. The second kappa shape index (κ2) is 5.51. The van der Waals surface area contributed by atoms with E-state index in [1.165, 1.54) is 24.0 Å². The van der Waals surface area contributed by atoms with Crippen LogP contribution in [-0.4, -0.2) is 31.4 Å². The lowest BCUT2D eigenvalue weighted by atomic mass is 10.1. The van der Waals surface area contributed by atoms with Crippen LogP contribution >= 0.6 is 0 Å². The van der Waals surface area contributed by atoms with Crippen LogP contribution in [0, 0.1) is 6.92 Å². The Morgan fingerprint density at radius 3 is 3.11 bits per heavy atom. The molecule has 0 aliphatic carbocycles. The summed E-state index contributed by atoms with van der Waals surface area (Å²) >= 11 is 0. The van der Waals surface area contributed by atoms with Gasteiger partial charge < -0.3 is 14.8 Å². The Kier molecular flexibility index (Phi) is 3.76. The average Bonchev–Trinajstić information content (AvgIpc) is 3.04. The minimum Gasteiger partial charge on any atom is -0.488 e. The summed E-state index contributed by atoms with van der Waals surface area (Å²) in [5.41, 5.74) is 2.65. The zero-order valence-electron chi connectivity index (χ0n) is 11.8. The number of benzene rings is 1. The summed E-state index contributed by atoms with van der Waals surface area (Å²) in [6.45, 7) is 6.16. The first-order chi connectivity index (χ1) is 9.22. The normalized spacial score (nSPS) is 27.1. The molecule has 1 aromatic rings. The van der Waals surface area contributed by atoms with Gasteiger partial charge >= 0.3 is 0 Å². The molecule has 1 N–H and O–H groups in total. The van der Waals surface area contributed by atoms with Crippen molar-refractivity contribution in [3.05, 3.63) is 29.3 Å². The second-order valence-corrected chi connectivity index (χ2v) is 5.80. The standard InChI is InChI=1S/C16H23NO2/c1-11-5-6-16-13(8-11)9-14(19-16)10-17-12(2)15-4-3-7-18-15/h5-6,8,12,14-15,17H,3-4,7,9-10H2,1-2H3. The first kappa shape index (κ1) is 12.9. The zero-order valence-corrected chi connectivity index (χ0v) is 11.8. The van der Waals surface area contributed by atoms with Gasteiger partial charge in [0.05, 0.1) is 6.10 Å². The van der Waals surface area contributed by atoms with Gasteiger partial charge in [-0.2, -0.15) is 0 Å². The van der Waals surface area contributed by atoms with Crippen LogP contribution in [0.15, 0.2) is 18.2 Å². The molecule has 3 atom stereocenters. The molecule has 3 rings (SSSR count). The van der Waals surface area contributed by atoms with Crippen LogP contribution in [0.1, 0.15) is 30.9 Å². The monoisotopic (exact) mass is 261 g/mol. The Bertz CT molecular complexity index is 440. The van der Waals surface area contributed by atoms with E-state index in [1.54, 1.807) is 0 Å². The van der Waals surface area contributed by atoms with E-state index in [0.717, 1.165) is 25.3 Å². The van der Waals surface area contributed by atoms with Crippen molar-refractivity contribution in [2.75, 3.05) is 13.2 Å². The topological polar surface area (TPSA) is 30.5 Å². The van der Waals surface area contributed by atoms with Gasteiger partial charge in [-0.1, -0.05) is 17.7 Å². The highest BCUT2D eigenvalue weighted by Gasteiger charge is 2.26. The zero-order chi connectivity index (χ0) is 13.2. The minimum atomic E-state index is 0.264. The third-order valence-electron chi connectivity index (χ3n) is 4.15. The summed E-state index contributed by atoms with van der Waals surface area (Å²) in [5, 5.41) is 3.57. The molecule has 0 aromatic heterocycles. The van der Waals surface area contributed by atoms with Crippen molar-refractivity contribution in [3.63, 3.8) is 0 Å². The quantitative estimate of drug-likeness (QED) is 0.903. The smallest absolute Gasteiger partial charge is 0.123 e. The van der Waals surface area contributed by atoms with Gasteiger partial charge in [-0.3, -0.25) is 0 Å². The largest absolute Gasteiger partial charge is 0.488 e. The van der Waals surface area contributed by atoms with E-state index in [1.807, 2.05) is 0 Å². The van der Waals surface area contributed by atoms with Crippen molar-refractivity contribution < 1.29 is 9.47 Å². The molecule has 0 radical (unpaired) electrons. The molecule has 3 heteroatoms. The Morgan fingerprint density at radius 2 is 2.32 bits per heavy atom. The fourth-order valence-electron chi connectivity index (χ4n) is 3.01.